The van der Waals surface area contributed by atoms with Crippen molar-refractivity contribution in [3.63, 3.8) is 0 Å². The lowest BCUT2D eigenvalue weighted by molar-refractivity contribution is -0.113. The molecule has 2 atom stereocenters. The van der Waals surface area contributed by atoms with Crippen LogP contribution in [-0.4, -0.2) is 6.29 Å². The van der Waals surface area contributed by atoms with Crippen LogP contribution in [0.15, 0.2) is 30.3 Å². The fraction of sp³-hybridized carbons (Fsp3) is 0.588. The summed E-state index contributed by atoms with van der Waals surface area (Å²) in [6.07, 6.45) is 5.66. The van der Waals surface area contributed by atoms with Gasteiger partial charge in [0.1, 0.15) is 6.29 Å². The van der Waals surface area contributed by atoms with Gasteiger partial charge in [-0.2, -0.15) is 0 Å². The molecule has 18 heavy (non-hydrogen) atoms. The Hall–Kier alpha value is -1.11. The molecule has 0 N–H and O–H groups in total. The van der Waals surface area contributed by atoms with E-state index in [-0.39, 0.29) is 5.92 Å². The van der Waals surface area contributed by atoms with Crippen LogP contribution in [0.3, 0.4) is 0 Å². The molecule has 0 unspecified atom stereocenters. The van der Waals surface area contributed by atoms with E-state index in [1.807, 2.05) is 18.2 Å². The first kappa shape index (κ1) is 14.9. The Balaban J connectivity index is 2.69. The highest BCUT2D eigenvalue weighted by Gasteiger charge is 2.23. The van der Waals surface area contributed by atoms with E-state index in [4.69, 9.17) is 0 Å². The molecule has 0 aromatic heterocycles. The third kappa shape index (κ3) is 4.64. The molecule has 1 rings (SSSR count). The van der Waals surface area contributed by atoms with Gasteiger partial charge in [-0.25, -0.2) is 0 Å². The first-order valence-electron chi connectivity index (χ1n) is 7.18. The van der Waals surface area contributed by atoms with Gasteiger partial charge in [0.05, 0.1) is 0 Å². The van der Waals surface area contributed by atoms with Gasteiger partial charge in [0.2, 0.25) is 0 Å². The van der Waals surface area contributed by atoms with Crippen LogP contribution < -0.4 is 0 Å². The fourth-order valence-electron chi connectivity index (χ4n) is 2.67. The minimum absolute atomic E-state index is 0.166. The molecule has 100 valence electrons. The molecule has 1 aromatic carbocycles. The summed E-state index contributed by atoms with van der Waals surface area (Å²) in [4.78, 5) is 11.4. The van der Waals surface area contributed by atoms with Gasteiger partial charge in [0, 0.05) is 5.92 Å². The van der Waals surface area contributed by atoms with Crippen LogP contribution in [0.1, 0.15) is 45.6 Å². The minimum Gasteiger partial charge on any atom is -0.303 e. The topological polar surface area (TPSA) is 17.1 Å². The highest BCUT2D eigenvalue weighted by atomic mass is 16.1. The highest BCUT2D eigenvalue weighted by molar-refractivity contribution is 5.55. The van der Waals surface area contributed by atoms with Gasteiger partial charge in [-0.05, 0) is 30.2 Å². The van der Waals surface area contributed by atoms with Crippen molar-refractivity contribution < 1.29 is 4.79 Å². The molecular formula is C17H26O. The predicted molar refractivity (Wildman–Crippen MR) is 77.6 cm³/mol. The number of aldehydes is 1. The smallest absolute Gasteiger partial charge is 0.123 e. The lowest BCUT2D eigenvalue weighted by Crippen LogP contribution is -2.23. The van der Waals surface area contributed by atoms with Crippen LogP contribution in [-0.2, 0) is 11.2 Å². The maximum absolute atomic E-state index is 11.4. The average Bonchev–Trinajstić information content (AvgIpc) is 2.38. The Morgan fingerprint density at radius 2 is 1.83 bits per heavy atom. The maximum atomic E-state index is 11.4. The summed E-state index contributed by atoms with van der Waals surface area (Å²) in [5.41, 5.74) is 1.27. The lowest BCUT2D eigenvalue weighted by atomic mass is 9.78. The molecule has 1 nitrogen and oxygen atoms in total. The molecule has 1 heteroatoms. The molecular weight excluding hydrogens is 220 g/mol. The SMILES string of the molecule is CCCC[C@@H](C(C)C)[C@H](C=O)Cc1ccccc1. The summed E-state index contributed by atoms with van der Waals surface area (Å²) >= 11 is 0. The first-order valence-corrected chi connectivity index (χ1v) is 7.18. The van der Waals surface area contributed by atoms with E-state index in [1.54, 1.807) is 0 Å². The predicted octanol–water partition coefficient (Wildman–Crippen LogP) is 4.51. The van der Waals surface area contributed by atoms with Gasteiger partial charge in [-0.15, -0.1) is 0 Å². The van der Waals surface area contributed by atoms with Crippen molar-refractivity contribution in [2.75, 3.05) is 0 Å². The molecule has 0 bridgehead atoms. The number of hydrogen-bond acceptors (Lipinski definition) is 1. The standard InChI is InChI=1S/C17H26O/c1-4-5-11-17(14(2)3)16(13-18)12-15-9-7-6-8-10-15/h6-10,13-14,16-17H,4-5,11-12H2,1-3H3/t16-,17-/m0/s1. The molecule has 0 spiro atoms. The van der Waals surface area contributed by atoms with Crippen molar-refractivity contribution in [2.24, 2.45) is 17.8 Å². The molecule has 0 heterocycles. The highest BCUT2D eigenvalue weighted by Crippen LogP contribution is 2.28. The summed E-state index contributed by atoms with van der Waals surface area (Å²) in [6.45, 7) is 6.69. The third-order valence-corrected chi connectivity index (χ3v) is 3.79. The van der Waals surface area contributed by atoms with Crippen molar-refractivity contribution in [2.45, 2.75) is 46.5 Å². The van der Waals surface area contributed by atoms with E-state index in [9.17, 15) is 4.79 Å². The van der Waals surface area contributed by atoms with E-state index < -0.39 is 0 Å². The second-order valence-electron chi connectivity index (χ2n) is 5.54. The molecule has 0 aliphatic rings. The zero-order valence-corrected chi connectivity index (χ0v) is 11.9. The van der Waals surface area contributed by atoms with Crippen LogP contribution >= 0.6 is 0 Å². The van der Waals surface area contributed by atoms with Crippen LogP contribution in [0.25, 0.3) is 0 Å². The lowest BCUT2D eigenvalue weighted by Gasteiger charge is -2.26. The van der Waals surface area contributed by atoms with E-state index >= 15 is 0 Å². The van der Waals surface area contributed by atoms with Crippen molar-refractivity contribution in [3.05, 3.63) is 35.9 Å². The fourth-order valence-corrected chi connectivity index (χ4v) is 2.67. The Labute approximate surface area is 112 Å². The maximum Gasteiger partial charge on any atom is 0.123 e. The molecule has 0 aliphatic heterocycles. The van der Waals surface area contributed by atoms with Gasteiger partial charge < -0.3 is 4.79 Å². The van der Waals surface area contributed by atoms with E-state index in [2.05, 4.69) is 32.9 Å². The largest absolute Gasteiger partial charge is 0.303 e. The minimum atomic E-state index is 0.166. The molecule has 0 saturated carbocycles. The van der Waals surface area contributed by atoms with Crippen LogP contribution in [0.4, 0.5) is 0 Å². The van der Waals surface area contributed by atoms with Crippen molar-refractivity contribution in [3.8, 4) is 0 Å². The first-order chi connectivity index (χ1) is 8.69. The summed E-state index contributed by atoms with van der Waals surface area (Å²) in [7, 11) is 0. The number of rotatable bonds is 8. The van der Waals surface area contributed by atoms with Crippen LogP contribution in [0.2, 0.25) is 0 Å². The Morgan fingerprint density at radius 1 is 1.17 bits per heavy atom. The van der Waals surface area contributed by atoms with Crippen LogP contribution in [0.5, 0.6) is 0 Å². The number of benzene rings is 1. The zero-order chi connectivity index (χ0) is 13.4. The summed E-state index contributed by atoms with van der Waals surface area (Å²) in [5.74, 6) is 1.26. The van der Waals surface area contributed by atoms with Gasteiger partial charge in [0.15, 0.2) is 0 Å². The van der Waals surface area contributed by atoms with Crippen molar-refractivity contribution >= 4 is 6.29 Å². The monoisotopic (exact) mass is 246 g/mol. The third-order valence-electron chi connectivity index (χ3n) is 3.79. The molecule has 0 saturated heterocycles. The Bertz CT molecular complexity index is 329. The van der Waals surface area contributed by atoms with E-state index in [1.165, 1.54) is 31.1 Å². The number of carbonyl (C=O) groups is 1. The van der Waals surface area contributed by atoms with Gasteiger partial charge in [0.25, 0.3) is 0 Å². The second-order valence-corrected chi connectivity index (χ2v) is 5.54. The molecule has 0 aliphatic carbocycles. The molecule has 0 fully saturated rings. The molecule has 1 aromatic rings. The number of carbonyl (C=O) groups excluding carboxylic acids is 1. The van der Waals surface area contributed by atoms with Crippen LogP contribution in [0, 0.1) is 17.8 Å². The quantitative estimate of drug-likeness (QED) is 0.617. The van der Waals surface area contributed by atoms with Gasteiger partial charge >= 0.3 is 0 Å². The van der Waals surface area contributed by atoms with E-state index in [0.717, 1.165) is 6.42 Å². The molecule has 0 radical (unpaired) electrons. The van der Waals surface area contributed by atoms with Crippen molar-refractivity contribution in [1.82, 2.24) is 0 Å². The summed E-state index contributed by atoms with van der Waals surface area (Å²) in [5, 5.41) is 0. The summed E-state index contributed by atoms with van der Waals surface area (Å²) < 4.78 is 0. The second kappa shape index (κ2) is 8.07. The van der Waals surface area contributed by atoms with Gasteiger partial charge in [-0.1, -0.05) is 63.9 Å². The summed E-state index contributed by atoms with van der Waals surface area (Å²) in [6, 6.07) is 10.4. The average molecular weight is 246 g/mol. The van der Waals surface area contributed by atoms with Gasteiger partial charge in [-0.3, -0.25) is 0 Å². The Kier molecular flexibility index (Phi) is 6.70. The molecule has 0 amide bonds. The zero-order valence-electron chi connectivity index (χ0n) is 11.9. The number of unbranched alkanes of at least 4 members (excludes halogenated alkanes) is 1. The van der Waals surface area contributed by atoms with E-state index in [0.29, 0.717) is 11.8 Å². The Morgan fingerprint density at radius 3 is 2.33 bits per heavy atom. The number of hydrogen-bond donors (Lipinski definition) is 0. The normalized spacial score (nSPS) is 14.4. The van der Waals surface area contributed by atoms with Crippen molar-refractivity contribution in [1.29, 1.82) is 0 Å².